The summed E-state index contributed by atoms with van der Waals surface area (Å²) in [5.41, 5.74) is 1.26. The van der Waals surface area contributed by atoms with Gasteiger partial charge < -0.3 is 15.1 Å². The van der Waals surface area contributed by atoms with Crippen molar-refractivity contribution >= 4 is 16.5 Å². The van der Waals surface area contributed by atoms with Gasteiger partial charge in [0.05, 0.1) is 5.69 Å². The molecule has 0 spiro atoms. The fourth-order valence-electron chi connectivity index (χ4n) is 2.86. The molecule has 0 saturated carbocycles. The van der Waals surface area contributed by atoms with E-state index < -0.39 is 0 Å². The molecule has 0 aromatic carbocycles. The third-order valence-electron chi connectivity index (χ3n) is 3.95. The second-order valence-electron chi connectivity index (χ2n) is 5.66. The van der Waals surface area contributed by atoms with Gasteiger partial charge in [-0.3, -0.25) is 0 Å². The largest absolute Gasteiger partial charge is 0.346 e. The summed E-state index contributed by atoms with van der Waals surface area (Å²) >= 11 is 1.86. The van der Waals surface area contributed by atoms with Crippen LogP contribution >= 0.6 is 11.3 Å². The summed E-state index contributed by atoms with van der Waals surface area (Å²) < 4.78 is 0. The molecular formula is C14H26N4S. The van der Waals surface area contributed by atoms with Crippen molar-refractivity contribution in [1.82, 2.24) is 15.2 Å². The Morgan fingerprint density at radius 3 is 2.68 bits per heavy atom. The number of nitrogens with one attached hydrogen (secondary N) is 1. The molecule has 1 aliphatic rings. The maximum Gasteiger partial charge on any atom is 0.185 e. The van der Waals surface area contributed by atoms with Gasteiger partial charge in [-0.2, -0.15) is 0 Å². The molecule has 1 N–H and O–H groups in total. The average Bonchev–Trinajstić information content (AvgIpc) is 2.93. The van der Waals surface area contributed by atoms with Gasteiger partial charge in [-0.1, -0.05) is 13.8 Å². The third kappa shape index (κ3) is 3.09. The Labute approximate surface area is 120 Å². The van der Waals surface area contributed by atoms with Crippen LogP contribution in [0, 0.1) is 5.92 Å². The van der Waals surface area contributed by atoms with Crippen molar-refractivity contribution in [1.29, 1.82) is 0 Å². The molecule has 4 nitrogen and oxygen atoms in total. The quantitative estimate of drug-likeness (QED) is 0.892. The zero-order chi connectivity index (χ0) is 14.0. The van der Waals surface area contributed by atoms with Gasteiger partial charge in [0.1, 0.15) is 0 Å². The summed E-state index contributed by atoms with van der Waals surface area (Å²) in [7, 11) is 6.35. The molecule has 108 valence electrons. The van der Waals surface area contributed by atoms with Crippen LogP contribution in [0.5, 0.6) is 0 Å². The van der Waals surface area contributed by atoms with E-state index in [1.54, 1.807) is 0 Å². The standard InChI is InChI=1S/C14H26N4S/c1-6-11-13(7-15-3)19-14(16-11)18-8-10(2)12(9-18)17(4)5/h10,12,15H,6-9H2,1-5H3. The van der Waals surface area contributed by atoms with Crippen LogP contribution in [0.4, 0.5) is 5.13 Å². The maximum atomic E-state index is 4.84. The molecule has 1 aromatic heterocycles. The fourth-order valence-corrected chi connectivity index (χ4v) is 4.04. The van der Waals surface area contributed by atoms with Crippen molar-refractivity contribution in [2.45, 2.75) is 32.9 Å². The molecule has 1 fully saturated rings. The summed E-state index contributed by atoms with van der Waals surface area (Å²) in [4.78, 5) is 11.0. The number of hydrogen-bond donors (Lipinski definition) is 1. The molecule has 0 aliphatic carbocycles. The van der Waals surface area contributed by atoms with Crippen LogP contribution in [0.15, 0.2) is 0 Å². The molecular weight excluding hydrogens is 256 g/mol. The van der Waals surface area contributed by atoms with Gasteiger partial charge in [0.15, 0.2) is 5.13 Å². The van der Waals surface area contributed by atoms with E-state index in [2.05, 4.69) is 43.1 Å². The molecule has 1 saturated heterocycles. The molecule has 0 amide bonds. The lowest BCUT2D eigenvalue weighted by Crippen LogP contribution is -2.34. The van der Waals surface area contributed by atoms with Crippen LogP contribution in [-0.4, -0.2) is 50.2 Å². The second kappa shape index (κ2) is 6.20. The Hall–Kier alpha value is -0.650. The van der Waals surface area contributed by atoms with Crippen LogP contribution in [0.3, 0.4) is 0 Å². The Bertz CT molecular complexity index is 416. The highest BCUT2D eigenvalue weighted by Crippen LogP contribution is 2.31. The molecule has 2 heterocycles. The molecule has 19 heavy (non-hydrogen) atoms. The van der Waals surface area contributed by atoms with Crippen molar-refractivity contribution in [3.05, 3.63) is 10.6 Å². The molecule has 2 unspecified atom stereocenters. The number of aryl methyl sites for hydroxylation is 1. The van der Waals surface area contributed by atoms with E-state index in [0.717, 1.165) is 26.1 Å². The van der Waals surface area contributed by atoms with Crippen LogP contribution in [0.2, 0.25) is 0 Å². The lowest BCUT2D eigenvalue weighted by Gasteiger charge is -2.22. The second-order valence-corrected chi connectivity index (χ2v) is 6.73. The molecule has 2 rings (SSSR count). The fraction of sp³-hybridized carbons (Fsp3) is 0.786. The lowest BCUT2D eigenvalue weighted by atomic mass is 10.1. The maximum absolute atomic E-state index is 4.84. The summed E-state index contributed by atoms with van der Waals surface area (Å²) in [5, 5.41) is 4.45. The monoisotopic (exact) mass is 282 g/mol. The number of likely N-dealkylation sites (N-methyl/N-ethyl adjacent to an activating group) is 1. The predicted molar refractivity (Wildman–Crippen MR) is 83.1 cm³/mol. The van der Waals surface area contributed by atoms with Gasteiger partial charge in [-0.15, -0.1) is 11.3 Å². The van der Waals surface area contributed by atoms with E-state index in [0.29, 0.717) is 12.0 Å². The van der Waals surface area contributed by atoms with Gasteiger partial charge in [0.25, 0.3) is 0 Å². The zero-order valence-corrected chi connectivity index (χ0v) is 13.5. The molecule has 1 aromatic rings. The Balaban J connectivity index is 2.14. The first-order valence-corrected chi connectivity index (χ1v) is 7.93. The minimum absolute atomic E-state index is 0.640. The van der Waals surface area contributed by atoms with Gasteiger partial charge in [-0.05, 0) is 33.5 Å². The van der Waals surface area contributed by atoms with Crippen molar-refractivity contribution in [3.63, 3.8) is 0 Å². The van der Waals surface area contributed by atoms with Crippen LogP contribution < -0.4 is 10.2 Å². The topological polar surface area (TPSA) is 31.4 Å². The molecule has 2 atom stereocenters. The Kier molecular flexibility index (Phi) is 4.81. The predicted octanol–water partition coefficient (Wildman–Crippen LogP) is 1.81. The highest BCUT2D eigenvalue weighted by molar-refractivity contribution is 7.15. The summed E-state index contributed by atoms with van der Waals surface area (Å²) in [6.07, 6.45) is 1.02. The first-order valence-electron chi connectivity index (χ1n) is 7.11. The lowest BCUT2D eigenvalue weighted by molar-refractivity contribution is 0.266. The minimum atomic E-state index is 0.640. The number of hydrogen-bond acceptors (Lipinski definition) is 5. The SMILES string of the molecule is CCc1nc(N2CC(C)C(N(C)C)C2)sc1CNC. The average molecular weight is 282 g/mol. The third-order valence-corrected chi connectivity index (χ3v) is 5.10. The minimum Gasteiger partial charge on any atom is -0.346 e. The highest BCUT2D eigenvalue weighted by atomic mass is 32.1. The van der Waals surface area contributed by atoms with Crippen molar-refractivity contribution in [3.8, 4) is 0 Å². The number of rotatable bonds is 5. The van der Waals surface area contributed by atoms with Gasteiger partial charge in [0, 0.05) is 30.6 Å². The van der Waals surface area contributed by atoms with E-state index in [1.807, 2.05) is 18.4 Å². The Morgan fingerprint density at radius 2 is 2.16 bits per heavy atom. The van der Waals surface area contributed by atoms with E-state index in [9.17, 15) is 0 Å². The Morgan fingerprint density at radius 1 is 1.42 bits per heavy atom. The molecule has 5 heteroatoms. The number of nitrogens with zero attached hydrogens (tertiary/aromatic N) is 3. The number of thiazole rings is 1. The van der Waals surface area contributed by atoms with E-state index >= 15 is 0 Å². The van der Waals surface area contributed by atoms with E-state index in [4.69, 9.17) is 4.98 Å². The summed E-state index contributed by atoms with van der Waals surface area (Å²) in [6, 6.07) is 0.640. The van der Waals surface area contributed by atoms with Crippen molar-refractivity contribution < 1.29 is 0 Å². The molecule has 0 bridgehead atoms. The van der Waals surface area contributed by atoms with Crippen LogP contribution in [-0.2, 0) is 13.0 Å². The smallest absolute Gasteiger partial charge is 0.185 e. The van der Waals surface area contributed by atoms with Gasteiger partial charge >= 0.3 is 0 Å². The highest BCUT2D eigenvalue weighted by Gasteiger charge is 2.32. The van der Waals surface area contributed by atoms with Gasteiger partial charge in [-0.25, -0.2) is 4.98 Å². The first kappa shape index (κ1) is 14.8. The number of anilines is 1. The molecule has 1 aliphatic heterocycles. The van der Waals surface area contributed by atoms with Crippen LogP contribution in [0.1, 0.15) is 24.4 Å². The normalized spacial score (nSPS) is 23.6. The van der Waals surface area contributed by atoms with Crippen molar-refractivity contribution in [2.24, 2.45) is 5.92 Å². The van der Waals surface area contributed by atoms with E-state index in [1.165, 1.54) is 15.7 Å². The van der Waals surface area contributed by atoms with Gasteiger partial charge in [0.2, 0.25) is 0 Å². The summed E-state index contributed by atoms with van der Waals surface area (Å²) in [6.45, 7) is 7.68. The molecule has 0 radical (unpaired) electrons. The zero-order valence-electron chi connectivity index (χ0n) is 12.7. The van der Waals surface area contributed by atoms with E-state index in [-0.39, 0.29) is 0 Å². The number of aromatic nitrogens is 1. The summed E-state index contributed by atoms with van der Waals surface area (Å²) in [5.74, 6) is 0.705. The van der Waals surface area contributed by atoms with Crippen LogP contribution in [0.25, 0.3) is 0 Å². The first-order chi connectivity index (χ1) is 9.06. The van der Waals surface area contributed by atoms with Crippen molar-refractivity contribution in [2.75, 3.05) is 39.1 Å².